The van der Waals surface area contributed by atoms with E-state index >= 15 is 0 Å². The average molecular weight is 330 g/mol. The van der Waals surface area contributed by atoms with E-state index in [1.165, 1.54) is 5.56 Å². The summed E-state index contributed by atoms with van der Waals surface area (Å²) in [6.07, 6.45) is 4.86. The number of β-amino-alcohol motifs (C(OH)–C–C–N with tert-alkyl or cyclic N) is 1. The minimum Gasteiger partial charge on any atom is -0.491 e. The van der Waals surface area contributed by atoms with Crippen LogP contribution in [0.25, 0.3) is 0 Å². The molecule has 4 nitrogen and oxygen atoms in total. The summed E-state index contributed by atoms with van der Waals surface area (Å²) in [7, 11) is 0. The van der Waals surface area contributed by atoms with E-state index in [-0.39, 0.29) is 5.41 Å². The molecule has 1 unspecified atom stereocenters. The maximum Gasteiger partial charge on any atom is 0.119 e. The SMILES string of the molecule is C#CCN1CCN(CC(O)COc2ccc(C(C)(C)C)cc2)CC1. The van der Waals surface area contributed by atoms with Crippen LogP contribution in [0.3, 0.4) is 0 Å². The highest BCUT2D eigenvalue weighted by Gasteiger charge is 2.19. The quantitative estimate of drug-likeness (QED) is 0.809. The summed E-state index contributed by atoms with van der Waals surface area (Å²) in [5.74, 6) is 3.49. The highest BCUT2D eigenvalue weighted by Crippen LogP contribution is 2.24. The molecule has 2 rings (SSSR count). The second kappa shape index (κ2) is 8.53. The zero-order valence-electron chi connectivity index (χ0n) is 15.2. The van der Waals surface area contributed by atoms with Gasteiger partial charge in [0.05, 0.1) is 6.54 Å². The van der Waals surface area contributed by atoms with Crippen molar-refractivity contribution >= 4 is 0 Å². The van der Waals surface area contributed by atoms with Crippen molar-refractivity contribution in [2.45, 2.75) is 32.3 Å². The van der Waals surface area contributed by atoms with E-state index in [9.17, 15) is 5.11 Å². The van der Waals surface area contributed by atoms with Crippen molar-refractivity contribution in [1.82, 2.24) is 9.80 Å². The molecule has 1 heterocycles. The first-order valence-electron chi connectivity index (χ1n) is 8.68. The number of benzene rings is 1. The molecule has 1 saturated heterocycles. The van der Waals surface area contributed by atoms with Gasteiger partial charge in [0.15, 0.2) is 0 Å². The Balaban J connectivity index is 1.72. The van der Waals surface area contributed by atoms with E-state index in [0.29, 0.717) is 19.7 Å². The van der Waals surface area contributed by atoms with Crippen molar-refractivity contribution in [2.75, 3.05) is 45.9 Å². The van der Waals surface area contributed by atoms with Crippen molar-refractivity contribution in [3.8, 4) is 18.1 Å². The van der Waals surface area contributed by atoms with E-state index in [0.717, 1.165) is 31.9 Å². The first-order valence-corrected chi connectivity index (χ1v) is 8.68. The fraction of sp³-hybridized carbons (Fsp3) is 0.600. The molecule has 0 radical (unpaired) electrons. The van der Waals surface area contributed by atoms with E-state index in [1.807, 2.05) is 12.1 Å². The van der Waals surface area contributed by atoms with Gasteiger partial charge in [0.1, 0.15) is 18.5 Å². The molecule has 1 atom stereocenters. The topological polar surface area (TPSA) is 35.9 Å². The van der Waals surface area contributed by atoms with Gasteiger partial charge in [-0.1, -0.05) is 38.8 Å². The molecule has 0 amide bonds. The lowest BCUT2D eigenvalue weighted by Gasteiger charge is -2.34. The molecule has 0 aromatic heterocycles. The second-order valence-electron chi connectivity index (χ2n) is 7.52. The Labute approximate surface area is 146 Å². The number of terminal acetylenes is 1. The predicted molar refractivity (Wildman–Crippen MR) is 98.4 cm³/mol. The van der Waals surface area contributed by atoms with Gasteiger partial charge in [0.2, 0.25) is 0 Å². The molecular formula is C20H30N2O2. The fourth-order valence-corrected chi connectivity index (χ4v) is 2.85. The first kappa shape index (κ1) is 18.8. The van der Waals surface area contributed by atoms with Crippen LogP contribution in [0.5, 0.6) is 5.75 Å². The van der Waals surface area contributed by atoms with Crippen molar-refractivity contribution in [1.29, 1.82) is 0 Å². The van der Waals surface area contributed by atoms with Crippen LogP contribution in [0, 0.1) is 12.3 Å². The molecule has 132 valence electrons. The number of ether oxygens (including phenoxy) is 1. The van der Waals surface area contributed by atoms with Crippen molar-refractivity contribution in [3.63, 3.8) is 0 Å². The van der Waals surface area contributed by atoms with Crippen LogP contribution in [0.15, 0.2) is 24.3 Å². The lowest BCUT2D eigenvalue weighted by atomic mass is 9.87. The Morgan fingerprint density at radius 1 is 1.12 bits per heavy atom. The summed E-state index contributed by atoms with van der Waals surface area (Å²) in [6.45, 7) is 12.1. The Hall–Kier alpha value is -1.54. The van der Waals surface area contributed by atoms with Crippen LogP contribution in [-0.2, 0) is 5.41 Å². The molecule has 0 spiro atoms. The molecule has 1 fully saturated rings. The summed E-state index contributed by atoms with van der Waals surface area (Å²) in [4.78, 5) is 4.53. The zero-order valence-corrected chi connectivity index (χ0v) is 15.2. The minimum absolute atomic E-state index is 0.139. The number of piperazine rings is 1. The second-order valence-corrected chi connectivity index (χ2v) is 7.52. The molecule has 24 heavy (non-hydrogen) atoms. The van der Waals surface area contributed by atoms with Crippen LogP contribution >= 0.6 is 0 Å². The molecule has 1 aromatic carbocycles. The fourth-order valence-electron chi connectivity index (χ4n) is 2.85. The summed E-state index contributed by atoms with van der Waals surface area (Å²) in [5, 5.41) is 10.2. The lowest BCUT2D eigenvalue weighted by molar-refractivity contribution is 0.0485. The average Bonchev–Trinajstić information content (AvgIpc) is 2.55. The van der Waals surface area contributed by atoms with E-state index in [2.05, 4.69) is 48.6 Å². The van der Waals surface area contributed by atoms with Gasteiger partial charge in [-0.15, -0.1) is 6.42 Å². The predicted octanol–water partition coefficient (Wildman–Crippen LogP) is 1.97. The van der Waals surface area contributed by atoms with E-state index < -0.39 is 6.10 Å². The van der Waals surface area contributed by atoms with E-state index in [4.69, 9.17) is 11.2 Å². The van der Waals surface area contributed by atoms with Gasteiger partial charge >= 0.3 is 0 Å². The van der Waals surface area contributed by atoms with Crippen LogP contribution < -0.4 is 4.74 Å². The summed E-state index contributed by atoms with van der Waals surface area (Å²) in [6, 6.07) is 8.14. The van der Waals surface area contributed by atoms with Gasteiger partial charge in [-0.25, -0.2) is 0 Å². The third kappa shape index (κ3) is 5.83. The molecule has 1 aromatic rings. The maximum atomic E-state index is 10.2. The first-order chi connectivity index (χ1) is 11.4. The van der Waals surface area contributed by atoms with Gasteiger partial charge < -0.3 is 9.84 Å². The standard InChI is InChI=1S/C20H30N2O2/c1-5-10-21-11-13-22(14-12-21)15-18(23)16-24-19-8-6-17(7-9-19)20(2,3)4/h1,6-9,18,23H,10-16H2,2-4H3. The molecule has 0 aliphatic carbocycles. The number of aliphatic hydroxyl groups excluding tert-OH is 1. The maximum absolute atomic E-state index is 10.2. The molecule has 4 heteroatoms. The Morgan fingerprint density at radius 2 is 1.71 bits per heavy atom. The number of rotatable bonds is 6. The largest absolute Gasteiger partial charge is 0.491 e. The highest BCUT2D eigenvalue weighted by molar-refractivity contribution is 5.31. The monoisotopic (exact) mass is 330 g/mol. The summed E-state index contributed by atoms with van der Waals surface area (Å²) >= 11 is 0. The van der Waals surface area contributed by atoms with Gasteiger partial charge in [-0.05, 0) is 23.1 Å². The molecule has 1 N–H and O–H groups in total. The normalized spacial score (nSPS) is 18.1. The van der Waals surface area contributed by atoms with Gasteiger partial charge in [0.25, 0.3) is 0 Å². The molecule has 1 aliphatic heterocycles. The van der Waals surface area contributed by atoms with Crippen molar-refractivity contribution in [3.05, 3.63) is 29.8 Å². The van der Waals surface area contributed by atoms with Crippen LogP contribution in [0.2, 0.25) is 0 Å². The number of nitrogens with zero attached hydrogens (tertiary/aromatic N) is 2. The number of hydrogen-bond acceptors (Lipinski definition) is 4. The Kier molecular flexibility index (Phi) is 6.68. The summed E-state index contributed by atoms with van der Waals surface area (Å²) in [5.41, 5.74) is 1.42. The van der Waals surface area contributed by atoms with Gasteiger partial charge in [0, 0.05) is 32.7 Å². The number of hydrogen-bond donors (Lipinski definition) is 1. The third-order valence-corrected chi connectivity index (χ3v) is 4.41. The molecule has 0 saturated carbocycles. The van der Waals surface area contributed by atoms with Gasteiger partial charge in [-0.2, -0.15) is 0 Å². The molecule has 0 bridgehead atoms. The Morgan fingerprint density at radius 3 is 2.25 bits per heavy atom. The zero-order chi connectivity index (χ0) is 17.6. The van der Waals surface area contributed by atoms with Crippen LogP contribution in [0.1, 0.15) is 26.3 Å². The van der Waals surface area contributed by atoms with Crippen molar-refractivity contribution < 1.29 is 9.84 Å². The lowest BCUT2D eigenvalue weighted by Crippen LogP contribution is -2.49. The smallest absolute Gasteiger partial charge is 0.119 e. The molecular weight excluding hydrogens is 300 g/mol. The molecule has 1 aliphatic rings. The third-order valence-electron chi connectivity index (χ3n) is 4.41. The Bertz CT molecular complexity index is 534. The summed E-state index contributed by atoms with van der Waals surface area (Å²) < 4.78 is 5.72. The van der Waals surface area contributed by atoms with Crippen LogP contribution in [0.4, 0.5) is 0 Å². The number of aliphatic hydroxyl groups is 1. The van der Waals surface area contributed by atoms with Crippen molar-refractivity contribution in [2.24, 2.45) is 0 Å². The van der Waals surface area contributed by atoms with Crippen LogP contribution in [-0.4, -0.2) is 66.9 Å². The highest BCUT2D eigenvalue weighted by atomic mass is 16.5. The minimum atomic E-state index is -0.480. The van der Waals surface area contributed by atoms with Gasteiger partial charge in [-0.3, -0.25) is 9.80 Å². The van der Waals surface area contributed by atoms with E-state index in [1.54, 1.807) is 0 Å².